The average Bonchev–Trinajstić information content (AvgIpc) is 2.42. The Morgan fingerprint density at radius 2 is 2.00 bits per heavy atom. The Bertz CT molecular complexity index is 354. The minimum Gasteiger partial charge on any atom is -0.336 e. The Hall–Kier alpha value is -1.58. The second-order valence-corrected chi connectivity index (χ2v) is 4.93. The maximum atomic E-state index is 11.7. The summed E-state index contributed by atoms with van der Waals surface area (Å²) in [5.41, 5.74) is 1.06. The second-order valence-electron chi connectivity index (χ2n) is 4.93. The SMILES string of the molecule is CCCCCCC(C)NC(=O)NCc1ccncc1. The highest BCUT2D eigenvalue weighted by atomic mass is 16.2. The average molecular weight is 263 g/mol. The van der Waals surface area contributed by atoms with Gasteiger partial charge in [0.25, 0.3) is 0 Å². The third-order valence-corrected chi connectivity index (χ3v) is 3.07. The van der Waals surface area contributed by atoms with Crippen LogP contribution in [0.4, 0.5) is 4.79 Å². The zero-order valence-electron chi connectivity index (χ0n) is 12.0. The standard InChI is InChI=1S/C15H25N3O/c1-3-4-5-6-7-13(2)18-15(19)17-12-14-8-10-16-11-9-14/h8-11,13H,3-7,12H2,1-2H3,(H2,17,18,19). The molecule has 0 saturated carbocycles. The third kappa shape index (κ3) is 7.44. The molecule has 0 aliphatic rings. The molecule has 0 bridgehead atoms. The predicted octanol–water partition coefficient (Wildman–Crippen LogP) is 3.24. The van der Waals surface area contributed by atoms with E-state index in [0.29, 0.717) is 6.54 Å². The lowest BCUT2D eigenvalue weighted by molar-refractivity contribution is 0.236. The van der Waals surface area contributed by atoms with E-state index in [1.807, 2.05) is 12.1 Å². The summed E-state index contributed by atoms with van der Waals surface area (Å²) in [5.74, 6) is 0. The number of urea groups is 1. The normalized spacial score (nSPS) is 11.9. The quantitative estimate of drug-likeness (QED) is 0.707. The number of pyridine rings is 1. The maximum absolute atomic E-state index is 11.7. The van der Waals surface area contributed by atoms with E-state index >= 15 is 0 Å². The van der Waals surface area contributed by atoms with E-state index in [2.05, 4.69) is 29.5 Å². The third-order valence-electron chi connectivity index (χ3n) is 3.07. The van der Waals surface area contributed by atoms with Gasteiger partial charge in [-0.2, -0.15) is 0 Å². The number of nitrogens with one attached hydrogen (secondary N) is 2. The number of amides is 2. The molecule has 2 N–H and O–H groups in total. The van der Waals surface area contributed by atoms with Crippen LogP contribution in [0.3, 0.4) is 0 Å². The molecule has 0 aromatic carbocycles. The van der Waals surface area contributed by atoms with Crippen molar-refractivity contribution in [3.05, 3.63) is 30.1 Å². The van der Waals surface area contributed by atoms with Crippen LogP contribution in [-0.4, -0.2) is 17.1 Å². The van der Waals surface area contributed by atoms with Crippen LogP contribution in [-0.2, 0) is 6.54 Å². The molecule has 0 fully saturated rings. The van der Waals surface area contributed by atoms with Gasteiger partial charge < -0.3 is 10.6 Å². The van der Waals surface area contributed by atoms with E-state index in [4.69, 9.17) is 0 Å². The van der Waals surface area contributed by atoms with Gasteiger partial charge in [-0.3, -0.25) is 4.98 Å². The fraction of sp³-hybridized carbons (Fsp3) is 0.600. The van der Waals surface area contributed by atoms with Gasteiger partial charge >= 0.3 is 6.03 Å². The highest BCUT2D eigenvalue weighted by Crippen LogP contribution is 2.05. The number of nitrogens with zero attached hydrogens (tertiary/aromatic N) is 1. The molecule has 0 radical (unpaired) electrons. The first-order valence-electron chi connectivity index (χ1n) is 7.15. The summed E-state index contributed by atoms with van der Waals surface area (Å²) in [6, 6.07) is 3.93. The zero-order valence-corrected chi connectivity index (χ0v) is 12.0. The van der Waals surface area contributed by atoms with Crippen LogP contribution < -0.4 is 10.6 Å². The van der Waals surface area contributed by atoms with Crippen LogP contribution in [0.25, 0.3) is 0 Å². The molecule has 0 aliphatic heterocycles. The molecule has 2 amide bonds. The van der Waals surface area contributed by atoms with Crippen molar-refractivity contribution in [1.29, 1.82) is 0 Å². The fourth-order valence-corrected chi connectivity index (χ4v) is 1.91. The van der Waals surface area contributed by atoms with Crippen LogP contribution in [0.1, 0.15) is 51.5 Å². The second kappa shape index (κ2) is 9.36. The Morgan fingerprint density at radius 1 is 1.26 bits per heavy atom. The topological polar surface area (TPSA) is 54.0 Å². The lowest BCUT2D eigenvalue weighted by atomic mass is 10.1. The van der Waals surface area contributed by atoms with E-state index in [0.717, 1.165) is 12.0 Å². The first kappa shape index (κ1) is 15.5. The maximum Gasteiger partial charge on any atom is 0.315 e. The van der Waals surface area contributed by atoms with Crippen molar-refractivity contribution in [3.8, 4) is 0 Å². The minimum atomic E-state index is -0.0974. The van der Waals surface area contributed by atoms with Crippen molar-refractivity contribution in [2.45, 2.75) is 58.5 Å². The van der Waals surface area contributed by atoms with E-state index in [9.17, 15) is 4.79 Å². The number of hydrogen-bond donors (Lipinski definition) is 2. The molecular formula is C15H25N3O. The fourth-order valence-electron chi connectivity index (χ4n) is 1.91. The first-order chi connectivity index (χ1) is 9.22. The van der Waals surface area contributed by atoms with Crippen LogP contribution in [0, 0.1) is 0 Å². The molecule has 19 heavy (non-hydrogen) atoms. The van der Waals surface area contributed by atoms with Gasteiger partial charge in [-0.05, 0) is 31.0 Å². The molecule has 1 unspecified atom stereocenters. The number of unbranched alkanes of at least 4 members (excludes halogenated alkanes) is 3. The van der Waals surface area contributed by atoms with Crippen LogP contribution >= 0.6 is 0 Å². The highest BCUT2D eigenvalue weighted by molar-refractivity contribution is 5.74. The Labute approximate surface area is 116 Å². The van der Waals surface area contributed by atoms with Gasteiger partial charge in [0.1, 0.15) is 0 Å². The Kier molecular flexibility index (Phi) is 7.63. The van der Waals surface area contributed by atoms with Crippen molar-refractivity contribution in [2.75, 3.05) is 0 Å². The van der Waals surface area contributed by atoms with Crippen LogP contribution in [0.5, 0.6) is 0 Å². The summed E-state index contributed by atoms with van der Waals surface area (Å²) in [4.78, 5) is 15.6. The number of aromatic nitrogens is 1. The highest BCUT2D eigenvalue weighted by Gasteiger charge is 2.06. The lowest BCUT2D eigenvalue weighted by Gasteiger charge is -2.14. The van der Waals surface area contributed by atoms with Crippen molar-refractivity contribution >= 4 is 6.03 Å². The summed E-state index contributed by atoms with van der Waals surface area (Å²) in [7, 11) is 0. The molecule has 4 nitrogen and oxygen atoms in total. The lowest BCUT2D eigenvalue weighted by Crippen LogP contribution is -2.40. The van der Waals surface area contributed by atoms with Gasteiger partial charge in [-0.25, -0.2) is 4.79 Å². The van der Waals surface area contributed by atoms with Crippen LogP contribution in [0.2, 0.25) is 0 Å². The van der Waals surface area contributed by atoms with Gasteiger partial charge in [0.15, 0.2) is 0 Å². The van der Waals surface area contributed by atoms with E-state index < -0.39 is 0 Å². The number of carbonyl (C=O) groups is 1. The van der Waals surface area contributed by atoms with E-state index in [1.54, 1.807) is 12.4 Å². The van der Waals surface area contributed by atoms with Gasteiger partial charge in [0, 0.05) is 25.0 Å². The summed E-state index contributed by atoms with van der Waals surface area (Å²) in [5, 5.41) is 5.81. The van der Waals surface area contributed by atoms with E-state index in [1.165, 1.54) is 25.7 Å². The molecular weight excluding hydrogens is 238 g/mol. The smallest absolute Gasteiger partial charge is 0.315 e. The van der Waals surface area contributed by atoms with Crippen molar-refractivity contribution in [1.82, 2.24) is 15.6 Å². The van der Waals surface area contributed by atoms with Gasteiger partial charge in [0.05, 0.1) is 0 Å². The molecule has 1 aromatic rings. The first-order valence-corrected chi connectivity index (χ1v) is 7.15. The summed E-state index contributed by atoms with van der Waals surface area (Å²) >= 11 is 0. The van der Waals surface area contributed by atoms with Crippen molar-refractivity contribution < 1.29 is 4.79 Å². The summed E-state index contributed by atoms with van der Waals surface area (Å²) < 4.78 is 0. The molecule has 0 saturated heterocycles. The molecule has 1 heterocycles. The van der Waals surface area contributed by atoms with Crippen LogP contribution in [0.15, 0.2) is 24.5 Å². The van der Waals surface area contributed by atoms with Gasteiger partial charge in [-0.1, -0.05) is 32.6 Å². The number of carbonyl (C=O) groups excluding carboxylic acids is 1. The largest absolute Gasteiger partial charge is 0.336 e. The van der Waals surface area contributed by atoms with Gasteiger partial charge in [-0.15, -0.1) is 0 Å². The molecule has 0 spiro atoms. The zero-order chi connectivity index (χ0) is 13.9. The summed E-state index contributed by atoms with van der Waals surface area (Å²) in [6.45, 7) is 4.79. The monoisotopic (exact) mass is 263 g/mol. The van der Waals surface area contributed by atoms with Crippen molar-refractivity contribution in [2.24, 2.45) is 0 Å². The molecule has 1 aromatic heterocycles. The van der Waals surface area contributed by atoms with E-state index in [-0.39, 0.29) is 12.1 Å². The molecule has 1 atom stereocenters. The molecule has 0 aliphatic carbocycles. The van der Waals surface area contributed by atoms with Gasteiger partial charge in [0.2, 0.25) is 0 Å². The summed E-state index contributed by atoms with van der Waals surface area (Å²) in [6.07, 6.45) is 9.45. The Morgan fingerprint density at radius 3 is 2.68 bits per heavy atom. The molecule has 4 heteroatoms. The number of hydrogen-bond acceptors (Lipinski definition) is 2. The molecule has 106 valence electrons. The van der Waals surface area contributed by atoms with Crippen molar-refractivity contribution in [3.63, 3.8) is 0 Å². The minimum absolute atomic E-state index is 0.0974. The Balaban J connectivity index is 2.13. The number of rotatable bonds is 8. The molecule has 1 rings (SSSR count). The predicted molar refractivity (Wildman–Crippen MR) is 77.8 cm³/mol.